The van der Waals surface area contributed by atoms with Gasteiger partial charge < -0.3 is 5.32 Å². The van der Waals surface area contributed by atoms with Crippen molar-refractivity contribution in [2.45, 2.75) is 26.3 Å². The molecular formula is C14H13BrN4O2. The van der Waals surface area contributed by atoms with Gasteiger partial charge in [-0.15, -0.1) is 0 Å². The van der Waals surface area contributed by atoms with Gasteiger partial charge in [0, 0.05) is 29.3 Å². The van der Waals surface area contributed by atoms with Gasteiger partial charge in [0.25, 0.3) is 5.69 Å². The number of nitro groups is 1. The molecule has 0 aliphatic carbocycles. The lowest BCUT2D eigenvalue weighted by atomic mass is 10.0. The van der Waals surface area contributed by atoms with Gasteiger partial charge in [-0.2, -0.15) is 5.26 Å². The standard InChI is InChI=1S/C14H13BrN4O2/c1-14(2,3)18-12-8(6-16)7-17-13-10(12)4-9(19(20)21)5-11(13)15/h4-5,7H,1-3H3,(H,17,18). The third-order valence-corrected chi connectivity index (χ3v) is 3.35. The maximum Gasteiger partial charge on any atom is 0.271 e. The van der Waals surface area contributed by atoms with E-state index in [2.05, 4.69) is 32.3 Å². The maximum absolute atomic E-state index is 11.0. The molecule has 0 spiro atoms. The van der Waals surface area contributed by atoms with Crippen LogP contribution in [0, 0.1) is 21.4 Å². The summed E-state index contributed by atoms with van der Waals surface area (Å²) < 4.78 is 0.521. The monoisotopic (exact) mass is 348 g/mol. The number of pyridine rings is 1. The molecule has 1 aromatic carbocycles. The van der Waals surface area contributed by atoms with Gasteiger partial charge in [0.05, 0.1) is 26.2 Å². The second-order valence-corrected chi connectivity index (χ2v) is 6.47. The first-order chi connectivity index (χ1) is 9.73. The zero-order chi connectivity index (χ0) is 15.8. The number of hydrogen-bond donors (Lipinski definition) is 1. The summed E-state index contributed by atoms with van der Waals surface area (Å²) in [7, 11) is 0. The number of benzene rings is 1. The number of halogens is 1. The molecule has 0 bridgehead atoms. The van der Waals surface area contributed by atoms with Gasteiger partial charge in [0.2, 0.25) is 0 Å². The molecule has 0 aliphatic rings. The topological polar surface area (TPSA) is 91.8 Å². The van der Waals surface area contributed by atoms with Crippen molar-refractivity contribution in [2.75, 3.05) is 5.32 Å². The van der Waals surface area contributed by atoms with E-state index in [0.29, 0.717) is 26.6 Å². The summed E-state index contributed by atoms with van der Waals surface area (Å²) in [6, 6.07) is 4.91. The number of nitro benzene ring substituents is 1. The molecule has 21 heavy (non-hydrogen) atoms. The summed E-state index contributed by atoms with van der Waals surface area (Å²) in [5, 5.41) is 24.1. The van der Waals surface area contributed by atoms with Crippen LogP contribution in [0.2, 0.25) is 0 Å². The number of nitriles is 1. The van der Waals surface area contributed by atoms with Crippen molar-refractivity contribution >= 4 is 38.2 Å². The van der Waals surface area contributed by atoms with Gasteiger partial charge in [0.15, 0.2) is 0 Å². The summed E-state index contributed by atoms with van der Waals surface area (Å²) in [5.74, 6) is 0. The molecule has 6 nitrogen and oxygen atoms in total. The van der Waals surface area contributed by atoms with Gasteiger partial charge in [-0.25, -0.2) is 0 Å². The number of hydrogen-bond acceptors (Lipinski definition) is 5. The van der Waals surface area contributed by atoms with Crippen molar-refractivity contribution in [3.8, 4) is 6.07 Å². The van der Waals surface area contributed by atoms with E-state index < -0.39 is 4.92 Å². The molecule has 0 atom stereocenters. The molecule has 1 aromatic heterocycles. The number of anilines is 1. The molecule has 0 fully saturated rings. The summed E-state index contributed by atoms with van der Waals surface area (Å²) in [6.45, 7) is 5.85. The number of rotatable bonds is 2. The van der Waals surface area contributed by atoms with Crippen molar-refractivity contribution in [3.05, 3.63) is 38.5 Å². The second-order valence-electron chi connectivity index (χ2n) is 5.61. The maximum atomic E-state index is 11.0. The highest BCUT2D eigenvalue weighted by Crippen LogP contribution is 2.35. The van der Waals surface area contributed by atoms with Crippen LogP contribution < -0.4 is 5.32 Å². The summed E-state index contributed by atoms with van der Waals surface area (Å²) in [5.41, 5.74) is 1.13. The Kier molecular flexibility index (Phi) is 3.83. The SMILES string of the molecule is CC(C)(C)Nc1c(C#N)cnc2c(Br)cc([N+](=O)[O-])cc12. The fourth-order valence-electron chi connectivity index (χ4n) is 1.95. The molecule has 2 rings (SSSR count). The van der Waals surface area contributed by atoms with E-state index in [1.807, 2.05) is 20.8 Å². The average Bonchev–Trinajstić information content (AvgIpc) is 2.37. The van der Waals surface area contributed by atoms with Gasteiger partial charge in [0.1, 0.15) is 6.07 Å². The minimum absolute atomic E-state index is 0.0526. The van der Waals surface area contributed by atoms with Crippen molar-refractivity contribution in [1.29, 1.82) is 5.26 Å². The Bertz CT molecular complexity index is 775. The van der Waals surface area contributed by atoms with E-state index >= 15 is 0 Å². The zero-order valence-corrected chi connectivity index (χ0v) is 13.4. The Morgan fingerprint density at radius 1 is 1.43 bits per heavy atom. The van der Waals surface area contributed by atoms with Crippen LogP contribution in [-0.4, -0.2) is 15.4 Å². The van der Waals surface area contributed by atoms with E-state index in [0.717, 1.165) is 0 Å². The van der Waals surface area contributed by atoms with Crippen molar-refractivity contribution in [1.82, 2.24) is 4.98 Å². The molecule has 0 saturated carbocycles. The fraction of sp³-hybridized carbons (Fsp3) is 0.286. The minimum atomic E-state index is -0.468. The van der Waals surface area contributed by atoms with Gasteiger partial charge in [-0.05, 0) is 36.7 Å². The van der Waals surface area contributed by atoms with Gasteiger partial charge in [-0.3, -0.25) is 15.1 Å². The minimum Gasteiger partial charge on any atom is -0.379 e. The number of nitrogens with one attached hydrogen (secondary N) is 1. The average molecular weight is 349 g/mol. The predicted molar refractivity (Wildman–Crippen MR) is 84.2 cm³/mol. The Morgan fingerprint density at radius 2 is 2.10 bits per heavy atom. The predicted octanol–water partition coefficient (Wildman–Crippen LogP) is 3.99. The van der Waals surface area contributed by atoms with Crippen LogP contribution in [0.5, 0.6) is 0 Å². The Balaban J connectivity index is 2.84. The molecule has 7 heteroatoms. The molecule has 0 aliphatic heterocycles. The first kappa shape index (κ1) is 15.2. The lowest BCUT2D eigenvalue weighted by molar-refractivity contribution is -0.384. The van der Waals surface area contributed by atoms with E-state index in [1.54, 1.807) is 0 Å². The first-order valence-electron chi connectivity index (χ1n) is 6.18. The van der Waals surface area contributed by atoms with E-state index in [9.17, 15) is 15.4 Å². The van der Waals surface area contributed by atoms with Crippen LogP contribution in [-0.2, 0) is 0 Å². The number of aromatic nitrogens is 1. The van der Waals surface area contributed by atoms with Crippen molar-refractivity contribution < 1.29 is 4.92 Å². The Labute approximate surface area is 130 Å². The van der Waals surface area contributed by atoms with E-state index in [4.69, 9.17) is 0 Å². The molecule has 1 heterocycles. The molecule has 0 radical (unpaired) electrons. The molecule has 0 unspecified atom stereocenters. The Hall–Kier alpha value is -2.20. The second kappa shape index (κ2) is 5.30. The highest BCUT2D eigenvalue weighted by Gasteiger charge is 2.19. The summed E-state index contributed by atoms with van der Waals surface area (Å²) in [4.78, 5) is 14.8. The highest BCUT2D eigenvalue weighted by molar-refractivity contribution is 9.10. The summed E-state index contributed by atoms with van der Waals surface area (Å²) >= 11 is 3.30. The van der Waals surface area contributed by atoms with Crippen LogP contribution in [0.4, 0.5) is 11.4 Å². The first-order valence-corrected chi connectivity index (χ1v) is 6.97. The lowest BCUT2D eigenvalue weighted by Crippen LogP contribution is -2.26. The normalized spacial score (nSPS) is 11.2. The molecule has 2 aromatic rings. The fourth-order valence-corrected chi connectivity index (χ4v) is 2.50. The molecule has 0 saturated heterocycles. The third kappa shape index (κ3) is 3.11. The van der Waals surface area contributed by atoms with Crippen LogP contribution in [0.25, 0.3) is 10.9 Å². The smallest absolute Gasteiger partial charge is 0.271 e. The highest BCUT2D eigenvalue weighted by atomic mass is 79.9. The number of fused-ring (bicyclic) bond motifs is 1. The summed E-state index contributed by atoms with van der Waals surface area (Å²) in [6.07, 6.45) is 1.47. The van der Waals surface area contributed by atoms with Gasteiger partial charge in [-0.1, -0.05) is 0 Å². The van der Waals surface area contributed by atoms with E-state index in [-0.39, 0.29) is 11.2 Å². The van der Waals surface area contributed by atoms with Gasteiger partial charge >= 0.3 is 0 Å². The van der Waals surface area contributed by atoms with E-state index in [1.165, 1.54) is 18.3 Å². The van der Waals surface area contributed by atoms with Crippen molar-refractivity contribution in [2.24, 2.45) is 0 Å². The molecule has 0 amide bonds. The molecule has 108 valence electrons. The lowest BCUT2D eigenvalue weighted by Gasteiger charge is -2.24. The molecule has 1 N–H and O–H groups in total. The third-order valence-electron chi connectivity index (χ3n) is 2.74. The van der Waals surface area contributed by atoms with Crippen LogP contribution >= 0.6 is 15.9 Å². The Morgan fingerprint density at radius 3 is 2.62 bits per heavy atom. The van der Waals surface area contributed by atoms with Crippen LogP contribution in [0.15, 0.2) is 22.8 Å². The number of non-ortho nitro benzene ring substituents is 1. The zero-order valence-electron chi connectivity index (χ0n) is 11.8. The quantitative estimate of drug-likeness (QED) is 0.654. The van der Waals surface area contributed by atoms with Crippen LogP contribution in [0.1, 0.15) is 26.3 Å². The molecular weight excluding hydrogens is 336 g/mol. The van der Waals surface area contributed by atoms with Crippen molar-refractivity contribution in [3.63, 3.8) is 0 Å². The van der Waals surface area contributed by atoms with Crippen LogP contribution in [0.3, 0.4) is 0 Å². The number of nitrogens with zero attached hydrogens (tertiary/aromatic N) is 3. The largest absolute Gasteiger partial charge is 0.379 e.